The molecule has 1 saturated heterocycles. The zero-order valence-corrected chi connectivity index (χ0v) is 16.8. The third-order valence-electron chi connectivity index (χ3n) is 4.06. The Morgan fingerprint density at radius 3 is 2.62 bits per heavy atom. The van der Waals surface area contributed by atoms with Crippen molar-refractivity contribution in [1.82, 2.24) is 5.32 Å². The topological polar surface area (TPSA) is 97.2 Å². The monoisotopic (exact) mass is 412 g/mol. The van der Waals surface area contributed by atoms with Crippen molar-refractivity contribution in [2.24, 2.45) is 4.99 Å². The Labute approximate surface area is 172 Å². The van der Waals surface area contributed by atoms with Crippen LogP contribution < -0.4 is 14.8 Å². The van der Waals surface area contributed by atoms with E-state index in [1.807, 2.05) is 24.3 Å². The molecule has 1 fully saturated rings. The van der Waals surface area contributed by atoms with Gasteiger partial charge >= 0.3 is 5.97 Å². The maximum atomic E-state index is 12.3. The number of aryl methyl sites for hydroxylation is 1. The van der Waals surface area contributed by atoms with Gasteiger partial charge in [-0.05, 0) is 59.7 Å². The molecule has 1 aliphatic heterocycles. The van der Waals surface area contributed by atoms with Crippen LogP contribution in [0.1, 0.15) is 18.1 Å². The predicted molar refractivity (Wildman–Crippen MR) is 113 cm³/mol. The molecule has 0 radical (unpaired) electrons. The second-order valence-electron chi connectivity index (χ2n) is 6.09. The first-order chi connectivity index (χ1) is 14.0. The number of ether oxygens (including phenoxy) is 2. The molecule has 0 aliphatic carbocycles. The van der Waals surface area contributed by atoms with Crippen LogP contribution in [0.2, 0.25) is 0 Å². The quantitative estimate of drug-likeness (QED) is 0.675. The molecule has 1 aliphatic rings. The number of rotatable bonds is 7. The summed E-state index contributed by atoms with van der Waals surface area (Å²) in [6, 6.07) is 12.9. The number of methoxy groups -OCH3 is 1. The van der Waals surface area contributed by atoms with E-state index in [0.29, 0.717) is 21.6 Å². The summed E-state index contributed by atoms with van der Waals surface area (Å²) in [6.07, 6.45) is 2.67. The Hall–Kier alpha value is -3.26. The van der Waals surface area contributed by atoms with Gasteiger partial charge in [0.1, 0.15) is 0 Å². The van der Waals surface area contributed by atoms with E-state index in [9.17, 15) is 9.59 Å². The van der Waals surface area contributed by atoms with Gasteiger partial charge in [0.05, 0.1) is 17.7 Å². The molecule has 0 spiro atoms. The van der Waals surface area contributed by atoms with E-state index in [0.717, 1.165) is 17.7 Å². The number of hydrogen-bond donors (Lipinski definition) is 2. The summed E-state index contributed by atoms with van der Waals surface area (Å²) in [6.45, 7) is 1.62. The van der Waals surface area contributed by atoms with Gasteiger partial charge < -0.3 is 19.9 Å². The number of nitrogens with one attached hydrogen (secondary N) is 1. The molecule has 0 saturated carbocycles. The minimum absolute atomic E-state index is 0.232. The number of amidine groups is 1. The van der Waals surface area contributed by atoms with Gasteiger partial charge in [-0.2, -0.15) is 0 Å². The molecule has 2 aromatic carbocycles. The van der Waals surface area contributed by atoms with Crippen LogP contribution in [0.15, 0.2) is 52.4 Å². The molecule has 8 heteroatoms. The number of hydrogen-bond acceptors (Lipinski definition) is 6. The number of aliphatic carboxylic acids is 1. The van der Waals surface area contributed by atoms with Crippen LogP contribution in [0.5, 0.6) is 11.5 Å². The molecular weight excluding hydrogens is 392 g/mol. The van der Waals surface area contributed by atoms with Crippen molar-refractivity contribution in [1.29, 1.82) is 0 Å². The van der Waals surface area contributed by atoms with Crippen molar-refractivity contribution in [3.05, 3.63) is 58.5 Å². The number of aliphatic imine (C=N–C) groups is 1. The average Bonchev–Trinajstić information content (AvgIpc) is 3.06. The normalized spacial score (nSPS) is 16.1. The molecule has 0 atom stereocenters. The highest BCUT2D eigenvalue weighted by atomic mass is 32.2. The number of carbonyl (C=O) groups is 2. The van der Waals surface area contributed by atoms with E-state index < -0.39 is 12.6 Å². The second kappa shape index (κ2) is 9.29. The zero-order chi connectivity index (χ0) is 20.8. The fourth-order valence-corrected chi connectivity index (χ4v) is 3.43. The first-order valence-electron chi connectivity index (χ1n) is 8.89. The summed E-state index contributed by atoms with van der Waals surface area (Å²) in [5.41, 5.74) is 2.71. The minimum Gasteiger partial charge on any atom is -0.493 e. The van der Waals surface area contributed by atoms with Crippen LogP contribution in [0, 0.1) is 0 Å². The first kappa shape index (κ1) is 20.5. The Balaban J connectivity index is 1.76. The molecule has 29 heavy (non-hydrogen) atoms. The number of thioether (sulfide) groups is 1. The van der Waals surface area contributed by atoms with Crippen LogP contribution in [0.4, 0.5) is 5.69 Å². The maximum Gasteiger partial charge on any atom is 0.341 e. The lowest BCUT2D eigenvalue weighted by molar-refractivity contribution is -0.139. The lowest BCUT2D eigenvalue weighted by atomic mass is 10.2. The van der Waals surface area contributed by atoms with Crippen molar-refractivity contribution < 1.29 is 24.2 Å². The van der Waals surface area contributed by atoms with E-state index in [4.69, 9.17) is 14.6 Å². The lowest BCUT2D eigenvalue weighted by Gasteiger charge is -2.09. The smallest absolute Gasteiger partial charge is 0.341 e. The third-order valence-corrected chi connectivity index (χ3v) is 4.97. The SMILES string of the molecule is CCc1ccc(N=C2NC(=O)/C(=C/c3ccc(OCC(=O)O)c(OC)c3)S2)cc1. The molecule has 0 aromatic heterocycles. The maximum absolute atomic E-state index is 12.3. The Morgan fingerprint density at radius 2 is 1.97 bits per heavy atom. The fourth-order valence-electron chi connectivity index (χ4n) is 2.59. The molecule has 2 N–H and O–H groups in total. The van der Waals surface area contributed by atoms with Gasteiger partial charge in [-0.3, -0.25) is 4.79 Å². The van der Waals surface area contributed by atoms with Gasteiger partial charge in [0, 0.05) is 0 Å². The van der Waals surface area contributed by atoms with Crippen molar-refractivity contribution in [2.75, 3.05) is 13.7 Å². The molecule has 1 amide bonds. The fraction of sp³-hybridized carbons (Fsp3) is 0.190. The summed E-state index contributed by atoms with van der Waals surface area (Å²) in [5.74, 6) is -0.607. The van der Waals surface area contributed by atoms with Crippen LogP contribution in [0.25, 0.3) is 6.08 Å². The Kier molecular flexibility index (Phi) is 6.56. The highest BCUT2D eigenvalue weighted by Crippen LogP contribution is 2.32. The summed E-state index contributed by atoms with van der Waals surface area (Å²) in [4.78, 5) is 27.9. The minimum atomic E-state index is -1.08. The van der Waals surface area contributed by atoms with E-state index >= 15 is 0 Å². The van der Waals surface area contributed by atoms with Crippen molar-refractivity contribution in [3.8, 4) is 11.5 Å². The van der Waals surface area contributed by atoms with Gasteiger partial charge in [-0.1, -0.05) is 25.1 Å². The number of carbonyl (C=O) groups excluding carboxylic acids is 1. The number of carboxylic acids is 1. The summed E-state index contributed by atoms with van der Waals surface area (Å²) >= 11 is 1.25. The predicted octanol–water partition coefficient (Wildman–Crippen LogP) is 3.61. The van der Waals surface area contributed by atoms with Crippen LogP contribution in [-0.4, -0.2) is 35.9 Å². The molecule has 7 nitrogen and oxygen atoms in total. The third kappa shape index (κ3) is 5.39. The van der Waals surface area contributed by atoms with E-state index in [1.54, 1.807) is 24.3 Å². The zero-order valence-electron chi connectivity index (χ0n) is 16.0. The van der Waals surface area contributed by atoms with E-state index in [-0.39, 0.29) is 5.91 Å². The standard InChI is InChI=1S/C21H20N2O5S/c1-3-13-4-7-15(8-5-13)22-21-23-20(26)18(29-21)11-14-6-9-16(17(10-14)27-2)28-12-19(24)25/h4-11H,3,12H2,1-2H3,(H,24,25)(H,22,23,26)/b18-11-. The summed E-state index contributed by atoms with van der Waals surface area (Å²) < 4.78 is 10.4. The molecule has 1 heterocycles. The van der Waals surface area contributed by atoms with E-state index in [2.05, 4.69) is 17.2 Å². The molecule has 3 rings (SSSR count). The molecule has 150 valence electrons. The largest absolute Gasteiger partial charge is 0.493 e. The van der Waals surface area contributed by atoms with Crippen LogP contribution in [-0.2, 0) is 16.0 Å². The highest BCUT2D eigenvalue weighted by Gasteiger charge is 2.24. The van der Waals surface area contributed by atoms with Crippen molar-refractivity contribution >= 4 is 40.6 Å². The van der Waals surface area contributed by atoms with Gasteiger partial charge in [-0.15, -0.1) is 0 Å². The van der Waals surface area contributed by atoms with Crippen molar-refractivity contribution in [2.45, 2.75) is 13.3 Å². The van der Waals surface area contributed by atoms with Crippen LogP contribution in [0.3, 0.4) is 0 Å². The van der Waals surface area contributed by atoms with Gasteiger partial charge in [-0.25, -0.2) is 9.79 Å². The second-order valence-corrected chi connectivity index (χ2v) is 7.13. The first-order valence-corrected chi connectivity index (χ1v) is 9.71. The van der Waals surface area contributed by atoms with E-state index in [1.165, 1.54) is 24.4 Å². The van der Waals surface area contributed by atoms with Gasteiger partial charge in [0.15, 0.2) is 23.3 Å². The number of benzene rings is 2. The molecule has 0 unspecified atom stereocenters. The molecule has 0 bridgehead atoms. The molecule has 2 aromatic rings. The lowest BCUT2D eigenvalue weighted by Crippen LogP contribution is -2.19. The Morgan fingerprint density at radius 1 is 1.21 bits per heavy atom. The number of amides is 1. The number of nitrogens with zero attached hydrogens (tertiary/aromatic N) is 1. The summed E-state index contributed by atoms with van der Waals surface area (Å²) in [7, 11) is 1.46. The average molecular weight is 412 g/mol. The van der Waals surface area contributed by atoms with Gasteiger partial charge in [0.2, 0.25) is 0 Å². The highest BCUT2D eigenvalue weighted by molar-refractivity contribution is 8.18. The summed E-state index contributed by atoms with van der Waals surface area (Å²) in [5, 5.41) is 12.0. The molecular formula is C21H20N2O5S. The van der Waals surface area contributed by atoms with Gasteiger partial charge in [0.25, 0.3) is 5.91 Å². The Bertz CT molecular complexity index is 983. The number of carboxylic acid groups (broad SMARTS) is 1. The van der Waals surface area contributed by atoms with Crippen LogP contribution >= 0.6 is 11.8 Å². The van der Waals surface area contributed by atoms with Crippen molar-refractivity contribution in [3.63, 3.8) is 0 Å².